The lowest BCUT2D eigenvalue weighted by Gasteiger charge is -2.25. The van der Waals surface area contributed by atoms with Gasteiger partial charge >= 0.3 is 0 Å². The van der Waals surface area contributed by atoms with E-state index in [0.717, 1.165) is 73.8 Å². The maximum absolute atomic E-state index is 6.03. The van der Waals surface area contributed by atoms with Gasteiger partial charge in [-0.05, 0) is 38.2 Å². The first kappa shape index (κ1) is 22.8. The highest BCUT2D eigenvalue weighted by Gasteiger charge is 2.23. The predicted octanol–water partition coefficient (Wildman–Crippen LogP) is 3.32. The van der Waals surface area contributed by atoms with Gasteiger partial charge in [0, 0.05) is 31.0 Å². The van der Waals surface area contributed by atoms with E-state index in [2.05, 4.69) is 40.6 Å². The third-order valence-corrected chi connectivity index (χ3v) is 5.45. The number of nitrogens with one attached hydrogen (secondary N) is 2. The lowest BCUT2D eigenvalue weighted by molar-refractivity contribution is 0.297. The molecule has 0 bridgehead atoms. The molecule has 2 heterocycles. The van der Waals surface area contributed by atoms with E-state index in [1.165, 1.54) is 12.8 Å². The molecule has 1 aliphatic carbocycles. The van der Waals surface area contributed by atoms with Crippen molar-refractivity contribution in [2.45, 2.75) is 65.1 Å². The average Bonchev–Trinajstić information content (AvgIpc) is 3.48. The van der Waals surface area contributed by atoms with Crippen LogP contribution in [0.5, 0.6) is 5.75 Å². The van der Waals surface area contributed by atoms with Gasteiger partial charge in [-0.15, -0.1) is 24.0 Å². The first-order valence-corrected chi connectivity index (χ1v) is 10.9. The Hall–Kier alpha value is -1.84. The molecule has 1 saturated carbocycles. The highest BCUT2D eigenvalue weighted by Crippen LogP contribution is 2.30. The van der Waals surface area contributed by atoms with Crippen LogP contribution < -0.4 is 15.4 Å². The van der Waals surface area contributed by atoms with E-state index < -0.39 is 0 Å². The van der Waals surface area contributed by atoms with E-state index >= 15 is 0 Å². The molecule has 1 aromatic carbocycles. The van der Waals surface area contributed by atoms with Gasteiger partial charge in [-0.25, -0.2) is 14.7 Å². The number of rotatable bonds is 8. The molecule has 2 aromatic rings. The standard InChI is InChI=1S/C22H32N6O.HI/c1-3-20-26-21-12-11-18(14-28(21)27-20)25-22(23-4-2)24-13-17-7-5-6-8-19(17)29-15-16-9-10-16;/h5-8,16,18H,3-4,9-15H2,1-2H3,(H2,23,24,25);1H. The number of ether oxygens (including phenoxy) is 1. The van der Waals surface area contributed by atoms with E-state index in [1.807, 2.05) is 22.9 Å². The summed E-state index contributed by atoms with van der Waals surface area (Å²) in [6, 6.07) is 8.53. The largest absolute Gasteiger partial charge is 0.493 e. The number of nitrogens with zero attached hydrogens (tertiary/aromatic N) is 4. The van der Waals surface area contributed by atoms with E-state index in [0.29, 0.717) is 12.6 Å². The van der Waals surface area contributed by atoms with Gasteiger partial charge in [-0.1, -0.05) is 25.1 Å². The molecule has 1 fully saturated rings. The fourth-order valence-electron chi connectivity index (χ4n) is 3.57. The summed E-state index contributed by atoms with van der Waals surface area (Å²) in [7, 11) is 0. The van der Waals surface area contributed by atoms with Crippen molar-refractivity contribution in [3.05, 3.63) is 41.5 Å². The molecular formula is C22H33IN6O. The van der Waals surface area contributed by atoms with Crippen LogP contribution in [0.4, 0.5) is 0 Å². The van der Waals surface area contributed by atoms with Crippen molar-refractivity contribution in [1.82, 2.24) is 25.4 Å². The van der Waals surface area contributed by atoms with Crippen molar-refractivity contribution in [3.63, 3.8) is 0 Å². The summed E-state index contributed by atoms with van der Waals surface area (Å²) in [6.45, 7) is 7.26. The first-order valence-electron chi connectivity index (χ1n) is 10.9. The monoisotopic (exact) mass is 524 g/mol. The Morgan fingerprint density at radius 1 is 1.23 bits per heavy atom. The number of benzene rings is 1. The fourth-order valence-corrected chi connectivity index (χ4v) is 3.57. The molecule has 30 heavy (non-hydrogen) atoms. The molecule has 164 valence electrons. The Bertz CT molecular complexity index is 848. The van der Waals surface area contributed by atoms with Crippen LogP contribution in [0.15, 0.2) is 29.3 Å². The number of aryl methyl sites for hydroxylation is 2. The molecule has 7 nitrogen and oxygen atoms in total. The molecule has 1 aromatic heterocycles. The van der Waals surface area contributed by atoms with Gasteiger partial charge in [0.25, 0.3) is 0 Å². The Labute approximate surface area is 196 Å². The zero-order chi connectivity index (χ0) is 20.1. The van der Waals surface area contributed by atoms with Crippen molar-refractivity contribution in [2.24, 2.45) is 10.9 Å². The van der Waals surface area contributed by atoms with Gasteiger partial charge in [0.05, 0.1) is 19.7 Å². The summed E-state index contributed by atoms with van der Waals surface area (Å²) in [5.74, 6) is 4.57. The summed E-state index contributed by atoms with van der Waals surface area (Å²) in [5, 5.41) is 11.6. The first-order chi connectivity index (χ1) is 14.2. The zero-order valence-corrected chi connectivity index (χ0v) is 20.3. The highest BCUT2D eigenvalue weighted by molar-refractivity contribution is 14.0. The van der Waals surface area contributed by atoms with Gasteiger partial charge in [0.15, 0.2) is 11.8 Å². The lowest BCUT2D eigenvalue weighted by atomic mass is 10.1. The maximum atomic E-state index is 6.03. The van der Waals surface area contributed by atoms with Crippen LogP contribution in [0, 0.1) is 5.92 Å². The number of hydrogen-bond acceptors (Lipinski definition) is 4. The van der Waals surface area contributed by atoms with Crippen molar-refractivity contribution >= 4 is 29.9 Å². The number of aromatic nitrogens is 3. The molecule has 4 rings (SSSR count). The molecule has 0 spiro atoms. The van der Waals surface area contributed by atoms with Crippen molar-refractivity contribution in [1.29, 1.82) is 0 Å². The molecule has 1 unspecified atom stereocenters. The smallest absolute Gasteiger partial charge is 0.191 e. The van der Waals surface area contributed by atoms with Gasteiger partial charge in [-0.2, -0.15) is 5.10 Å². The van der Waals surface area contributed by atoms with Crippen molar-refractivity contribution in [3.8, 4) is 5.75 Å². The minimum absolute atomic E-state index is 0. The second-order valence-electron chi connectivity index (χ2n) is 7.92. The molecule has 0 saturated heterocycles. The molecule has 0 radical (unpaired) electrons. The molecule has 2 aliphatic rings. The lowest BCUT2D eigenvalue weighted by Crippen LogP contribution is -2.47. The van der Waals surface area contributed by atoms with Crippen LogP contribution in [-0.2, 0) is 25.9 Å². The molecule has 1 aliphatic heterocycles. The predicted molar refractivity (Wildman–Crippen MR) is 130 cm³/mol. The van der Waals surface area contributed by atoms with E-state index in [9.17, 15) is 0 Å². The van der Waals surface area contributed by atoms with Crippen LogP contribution in [0.25, 0.3) is 0 Å². The van der Waals surface area contributed by atoms with Gasteiger partial charge in [-0.3, -0.25) is 0 Å². The summed E-state index contributed by atoms with van der Waals surface area (Å²) in [6.07, 6.45) is 5.45. The van der Waals surface area contributed by atoms with E-state index in [1.54, 1.807) is 0 Å². The van der Waals surface area contributed by atoms with Crippen LogP contribution in [0.2, 0.25) is 0 Å². The number of fused-ring (bicyclic) bond motifs is 1. The summed E-state index contributed by atoms with van der Waals surface area (Å²) < 4.78 is 8.07. The number of aliphatic imine (C=N–C) groups is 1. The minimum Gasteiger partial charge on any atom is -0.493 e. The van der Waals surface area contributed by atoms with Crippen molar-refractivity contribution in [2.75, 3.05) is 13.2 Å². The average molecular weight is 524 g/mol. The summed E-state index contributed by atoms with van der Waals surface area (Å²) in [5.41, 5.74) is 1.13. The van der Waals surface area contributed by atoms with Crippen molar-refractivity contribution < 1.29 is 4.74 Å². The summed E-state index contributed by atoms with van der Waals surface area (Å²) in [4.78, 5) is 9.43. The van der Waals surface area contributed by atoms with Crippen LogP contribution in [0.1, 0.15) is 50.3 Å². The molecule has 8 heteroatoms. The molecule has 1 atom stereocenters. The van der Waals surface area contributed by atoms with E-state index in [-0.39, 0.29) is 24.0 Å². The normalized spacial score (nSPS) is 18.3. The van der Waals surface area contributed by atoms with Crippen LogP contribution in [0.3, 0.4) is 0 Å². The minimum atomic E-state index is 0. The second kappa shape index (κ2) is 11.0. The SMILES string of the molecule is CCNC(=NCc1ccccc1OCC1CC1)NC1CCc2nc(CC)nn2C1.I. The third-order valence-electron chi connectivity index (χ3n) is 5.45. The Morgan fingerprint density at radius 2 is 2.07 bits per heavy atom. The van der Waals surface area contributed by atoms with Gasteiger partial charge in [0.2, 0.25) is 0 Å². The molecule has 0 amide bonds. The summed E-state index contributed by atoms with van der Waals surface area (Å²) >= 11 is 0. The quantitative estimate of drug-likeness (QED) is 0.315. The van der Waals surface area contributed by atoms with Crippen LogP contribution >= 0.6 is 24.0 Å². The number of halogens is 1. The molecular weight excluding hydrogens is 491 g/mol. The highest BCUT2D eigenvalue weighted by atomic mass is 127. The second-order valence-corrected chi connectivity index (χ2v) is 7.92. The van der Waals surface area contributed by atoms with Crippen LogP contribution in [-0.4, -0.2) is 39.9 Å². The topological polar surface area (TPSA) is 76.4 Å². The van der Waals surface area contributed by atoms with E-state index in [4.69, 9.17) is 9.73 Å². The Morgan fingerprint density at radius 3 is 2.83 bits per heavy atom. The number of para-hydroxylation sites is 1. The number of guanidine groups is 1. The maximum Gasteiger partial charge on any atom is 0.191 e. The zero-order valence-electron chi connectivity index (χ0n) is 17.9. The van der Waals surface area contributed by atoms with Gasteiger partial charge in [0.1, 0.15) is 11.6 Å². The van der Waals surface area contributed by atoms with Gasteiger partial charge < -0.3 is 15.4 Å². The fraction of sp³-hybridized carbons (Fsp3) is 0.591. The molecule has 2 N–H and O–H groups in total. The number of hydrogen-bond donors (Lipinski definition) is 2. The Balaban J connectivity index is 0.00000256. The third kappa shape index (κ3) is 6.09. The Kier molecular flexibility index (Phi) is 8.35.